The minimum atomic E-state index is -0.356. The van der Waals surface area contributed by atoms with Gasteiger partial charge in [-0.2, -0.15) is 0 Å². The van der Waals surface area contributed by atoms with Crippen LogP contribution in [0.25, 0.3) is 0 Å². The first kappa shape index (κ1) is 19.4. The molecule has 0 radical (unpaired) electrons. The zero-order valence-electron chi connectivity index (χ0n) is 14.0. The first-order valence-corrected chi connectivity index (χ1v) is 7.48. The van der Waals surface area contributed by atoms with E-state index in [1.165, 1.54) is 0 Å². The monoisotopic (exact) mass is 294 g/mol. The Hall–Kier alpha value is -1.58. The van der Waals surface area contributed by atoms with E-state index < -0.39 is 0 Å². The van der Waals surface area contributed by atoms with E-state index in [1.54, 1.807) is 13.8 Å². The standard InChI is InChI=1S/C17H30N2O2/c1-12(7-6-8-13(2)15(18)20)11-17(4,5)10-9-14(3)16(19)21/h8-9,12H,6-7,10-11H2,1-5H3,(H2,18,20)(H2,19,21). The molecule has 0 saturated carbocycles. The molecule has 120 valence electrons. The van der Waals surface area contributed by atoms with Gasteiger partial charge in [-0.15, -0.1) is 0 Å². The highest BCUT2D eigenvalue weighted by Crippen LogP contribution is 2.32. The number of hydrogen-bond donors (Lipinski definition) is 2. The number of primary amides is 2. The number of nitrogens with two attached hydrogens (primary N) is 2. The molecule has 4 N–H and O–H groups in total. The molecule has 0 aromatic heterocycles. The van der Waals surface area contributed by atoms with Crippen molar-refractivity contribution in [3.8, 4) is 0 Å². The van der Waals surface area contributed by atoms with Gasteiger partial charge in [-0.25, -0.2) is 0 Å². The summed E-state index contributed by atoms with van der Waals surface area (Å²) in [6.45, 7) is 10.1. The Kier molecular flexibility index (Phi) is 8.00. The average molecular weight is 294 g/mol. The third kappa shape index (κ3) is 9.05. The molecule has 0 fully saturated rings. The molecule has 2 amide bonds. The fourth-order valence-electron chi connectivity index (χ4n) is 2.34. The minimum absolute atomic E-state index is 0.124. The quantitative estimate of drug-likeness (QED) is 0.640. The largest absolute Gasteiger partial charge is 0.366 e. The van der Waals surface area contributed by atoms with E-state index in [1.807, 2.05) is 12.2 Å². The fourth-order valence-corrected chi connectivity index (χ4v) is 2.34. The summed E-state index contributed by atoms with van der Waals surface area (Å²) in [5.41, 5.74) is 11.8. The van der Waals surface area contributed by atoms with Gasteiger partial charge < -0.3 is 11.5 Å². The van der Waals surface area contributed by atoms with Gasteiger partial charge in [-0.05, 0) is 50.9 Å². The molecular formula is C17H30N2O2. The van der Waals surface area contributed by atoms with E-state index in [-0.39, 0.29) is 17.2 Å². The molecule has 0 aliphatic heterocycles. The lowest BCUT2D eigenvalue weighted by Crippen LogP contribution is -2.17. The number of amides is 2. The molecule has 0 aromatic rings. The second-order valence-electron chi connectivity index (χ2n) is 6.76. The minimum Gasteiger partial charge on any atom is -0.366 e. The van der Waals surface area contributed by atoms with E-state index >= 15 is 0 Å². The van der Waals surface area contributed by atoms with Crippen LogP contribution in [0.2, 0.25) is 0 Å². The van der Waals surface area contributed by atoms with Crippen molar-refractivity contribution >= 4 is 11.8 Å². The van der Waals surface area contributed by atoms with Gasteiger partial charge in [0, 0.05) is 11.1 Å². The molecule has 21 heavy (non-hydrogen) atoms. The van der Waals surface area contributed by atoms with Crippen molar-refractivity contribution in [1.29, 1.82) is 0 Å². The van der Waals surface area contributed by atoms with Crippen LogP contribution in [0.1, 0.15) is 60.3 Å². The van der Waals surface area contributed by atoms with Crippen LogP contribution in [0.3, 0.4) is 0 Å². The highest BCUT2D eigenvalue weighted by Gasteiger charge is 2.20. The number of hydrogen-bond acceptors (Lipinski definition) is 2. The summed E-state index contributed by atoms with van der Waals surface area (Å²) in [7, 11) is 0. The molecule has 0 heterocycles. The van der Waals surface area contributed by atoms with Crippen LogP contribution in [-0.4, -0.2) is 11.8 Å². The first-order chi connectivity index (χ1) is 9.55. The SMILES string of the molecule is CC(=CCCC(C)CC(C)(C)CC=C(C)C(N)=O)C(N)=O. The van der Waals surface area contributed by atoms with E-state index in [9.17, 15) is 9.59 Å². The molecular weight excluding hydrogens is 264 g/mol. The Balaban J connectivity index is 4.33. The van der Waals surface area contributed by atoms with Crippen molar-refractivity contribution < 1.29 is 9.59 Å². The lowest BCUT2D eigenvalue weighted by Gasteiger charge is -2.27. The van der Waals surface area contributed by atoms with Crippen LogP contribution in [-0.2, 0) is 9.59 Å². The third-order valence-electron chi connectivity index (χ3n) is 3.75. The molecule has 0 bridgehead atoms. The average Bonchev–Trinajstić information content (AvgIpc) is 2.34. The third-order valence-corrected chi connectivity index (χ3v) is 3.75. The van der Waals surface area contributed by atoms with Crippen LogP contribution >= 0.6 is 0 Å². The fraction of sp³-hybridized carbons (Fsp3) is 0.647. The zero-order chi connectivity index (χ0) is 16.6. The molecule has 0 spiro atoms. The summed E-state index contributed by atoms with van der Waals surface area (Å²) in [5.74, 6) is -0.167. The van der Waals surface area contributed by atoms with Gasteiger partial charge in [0.1, 0.15) is 0 Å². The Labute approximate surface area is 128 Å². The number of rotatable bonds is 9. The van der Waals surface area contributed by atoms with Crippen LogP contribution in [0.15, 0.2) is 23.3 Å². The molecule has 0 aliphatic rings. The molecule has 4 heteroatoms. The number of carbonyl (C=O) groups is 2. The molecule has 0 rings (SSSR count). The zero-order valence-corrected chi connectivity index (χ0v) is 14.0. The predicted molar refractivity (Wildman–Crippen MR) is 87.3 cm³/mol. The van der Waals surface area contributed by atoms with Crippen molar-refractivity contribution in [3.05, 3.63) is 23.3 Å². The Morgan fingerprint density at radius 3 is 2.00 bits per heavy atom. The maximum atomic E-state index is 11.0. The van der Waals surface area contributed by atoms with Crippen molar-refractivity contribution in [2.24, 2.45) is 22.8 Å². The van der Waals surface area contributed by atoms with Crippen LogP contribution in [0, 0.1) is 11.3 Å². The van der Waals surface area contributed by atoms with E-state index in [4.69, 9.17) is 11.5 Å². The molecule has 0 aromatic carbocycles. The van der Waals surface area contributed by atoms with Crippen molar-refractivity contribution in [2.75, 3.05) is 0 Å². The topological polar surface area (TPSA) is 86.2 Å². The maximum absolute atomic E-state index is 11.0. The van der Waals surface area contributed by atoms with Gasteiger partial charge in [0.15, 0.2) is 0 Å². The van der Waals surface area contributed by atoms with E-state index in [2.05, 4.69) is 20.8 Å². The molecule has 4 nitrogen and oxygen atoms in total. The van der Waals surface area contributed by atoms with Gasteiger partial charge in [0.05, 0.1) is 0 Å². The number of carbonyl (C=O) groups excluding carboxylic acids is 2. The van der Waals surface area contributed by atoms with Crippen LogP contribution in [0.4, 0.5) is 0 Å². The lowest BCUT2D eigenvalue weighted by molar-refractivity contribution is -0.115. The summed E-state index contributed by atoms with van der Waals surface area (Å²) in [6.07, 6.45) is 7.60. The highest BCUT2D eigenvalue weighted by atomic mass is 16.1. The van der Waals surface area contributed by atoms with Crippen LogP contribution in [0.5, 0.6) is 0 Å². The van der Waals surface area contributed by atoms with E-state index in [0.717, 1.165) is 25.7 Å². The van der Waals surface area contributed by atoms with Crippen molar-refractivity contribution in [3.63, 3.8) is 0 Å². The lowest BCUT2D eigenvalue weighted by atomic mass is 9.79. The van der Waals surface area contributed by atoms with Crippen molar-refractivity contribution in [1.82, 2.24) is 0 Å². The van der Waals surface area contributed by atoms with Crippen molar-refractivity contribution in [2.45, 2.75) is 60.3 Å². The Bertz CT molecular complexity index is 434. The Morgan fingerprint density at radius 1 is 1.05 bits per heavy atom. The smallest absolute Gasteiger partial charge is 0.244 e. The van der Waals surface area contributed by atoms with Gasteiger partial charge in [0.2, 0.25) is 11.8 Å². The summed E-state index contributed by atoms with van der Waals surface area (Å²) < 4.78 is 0. The molecule has 0 aliphatic carbocycles. The summed E-state index contributed by atoms with van der Waals surface area (Å²) >= 11 is 0. The summed E-state index contributed by atoms with van der Waals surface area (Å²) in [5, 5.41) is 0. The van der Waals surface area contributed by atoms with Gasteiger partial charge in [-0.1, -0.05) is 32.9 Å². The van der Waals surface area contributed by atoms with E-state index in [0.29, 0.717) is 17.1 Å². The highest BCUT2D eigenvalue weighted by molar-refractivity contribution is 5.91. The first-order valence-electron chi connectivity index (χ1n) is 7.48. The normalized spacial score (nSPS) is 14.9. The Morgan fingerprint density at radius 2 is 1.52 bits per heavy atom. The summed E-state index contributed by atoms with van der Waals surface area (Å²) in [6, 6.07) is 0. The van der Waals surface area contributed by atoms with Gasteiger partial charge >= 0.3 is 0 Å². The molecule has 0 saturated heterocycles. The number of allylic oxidation sites excluding steroid dienone is 2. The summed E-state index contributed by atoms with van der Waals surface area (Å²) in [4.78, 5) is 21.9. The maximum Gasteiger partial charge on any atom is 0.244 e. The van der Waals surface area contributed by atoms with Gasteiger partial charge in [-0.3, -0.25) is 9.59 Å². The van der Waals surface area contributed by atoms with Gasteiger partial charge in [0.25, 0.3) is 0 Å². The van der Waals surface area contributed by atoms with Crippen LogP contribution < -0.4 is 11.5 Å². The molecule has 1 unspecified atom stereocenters. The second kappa shape index (κ2) is 8.65. The molecule has 1 atom stereocenters. The second-order valence-corrected chi connectivity index (χ2v) is 6.76. The predicted octanol–water partition coefficient (Wildman–Crippen LogP) is 3.07.